The van der Waals surface area contributed by atoms with Crippen molar-refractivity contribution in [1.29, 1.82) is 0 Å². The molecule has 19 heavy (non-hydrogen) atoms. The fourth-order valence-corrected chi connectivity index (χ4v) is 3.10. The van der Waals surface area contributed by atoms with Crippen LogP contribution in [0.2, 0.25) is 0 Å². The molecule has 3 rings (SSSR count). The van der Waals surface area contributed by atoms with Gasteiger partial charge in [0.1, 0.15) is 23.2 Å². The van der Waals surface area contributed by atoms with Gasteiger partial charge in [0.05, 0.1) is 0 Å². The molecule has 0 amide bonds. The van der Waals surface area contributed by atoms with Gasteiger partial charge in [0, 0.05) is 12.8 Å². The van der Waals surface area contributed by atoms with Gasteiger partial charge in [-0.1, -0.05) is 13.0 Å². The van der Waals surface area contributed by atoms with Gasteiger partial charge in [-0.05, 0) is 47.9 Å². The third-order valence-corrected chi connectivity index (χ3v) is 4.14. The van der Waals surface area contributed by atoms with Crippen LogP contribution in [0.3, 0.4) is 0 Å². The molecular weight excluding hydrogens is 240 g/mol. The van der Waals surface area contributed by atoms with Crippen LogP contribution in [0.5, 0.6) is 5.75 Å². The van der Waals surface area contributed by atoms with E-state index < -0.39 is 5.92 Å². The minimum absolute atomic E-state index is 0.0104. The summed E-state index contributed by atoms with van der Waals surface area (Å²) in [4.78, 5) is 24.4. The predicted molar refractivity (Wildman–Crippen MR) is 71.2 cm³/mol. The number of rotatable bonds is 2. The molecule has 0 aromatic heterocycles. The van der Waals surface area contributed by atoms with E-state index in [0.29, 0.717) is 18.8 Å². The van der Waals surface area contributed by atoms with Crippen molar-refractivity contribution in [1.82, 2.24) is 0 Å². The average molecular weight is 258 g/mol. The van der Waals surface area contributed by atoms with E-state index in [-0.39, 0.29) is 23.2 Å². The molecule has 2 aliphatic rings. The first-order valence-corrected chi connectivity index (χ1v) is 6.94. The van der Waals surface area contributed by atoms with E-state index >= 15 is 0 Å². The van der Waals surface area contributed by atoms with E-state index in [1.54, 1.807) is 12.1 Å². The topological polar surface area (TPSA) is 54.4 Å². The molecule has 100 valence electrons. The molecule has 0 radical (unpaired) electrons. The quantitative estimate of drug-likeness (QED) is 0.830. The van der Waals surface area contributed by atoms with Crippen LogP contribution in [-0.4, -0.2) is 16.7 Å². The Labute approximate surface area is 112 Å². The van der Waals surface area contributed by atoms with Crippen LogP contribution in [0.4, 0.5) is 0 Å². The number of Topliss-reactive ketones (excluding diaryl/α,β-unsaturated/α-hetero) is 2. The van der Waals surface area contributed by atoms with E-state index in [0.717, 1.165) is 24.0 Å². The molecule has 2 saturated carbocycles. The number of aromatic hydroxyl groups is 1. The van der Waals surface area contributed by atoms with Gasteiger partial charge >= 0.3 is 0 Å². The summed E-state index contributed by atoms with van der Waals surface area (Å²) in [6, 6.07) is 5.14. The standard InChI is InChI=1S/C16H18O3/c1-9-6-14(18)16(15(19)7-9)13-8-11(17)4-5-12(13)10-2-3-10/h4-5,8-10,16-17H,2-3,6-7H2,1H3. The molecule has 0 spiro atoms. The van der Waals surface area contributed by atoms with Crippen LogP contribution >= 0.6 is 0 Å². The van der Waals surface area contributed by atoms with Crippen LogP contribution in [0.15, 0.2) is 18.2 Å². The third-order valence-electron chi connectivity index (χ3n) is 4.14. The SMILES string of the molecule is CC1CC(=O)C(c2cc(O)ccc2C2CC2)C(=O)C1. The highest BCUT2D eigenvalue weighted by molar-refractivity contribution is 6.10. The Kier molecular flexibility index (Phi) is 2.92. The molecule has 0 atom stereocenters. The van der Waals surface area contributed by atoms with Gasteiger partial charge in [-0.15, -0.1) is 0 Å². The molecule has 0 saturated heterocycles. The Morgan fingerprint density at radius 2 is 1.68 bits per heavy atom. The lowest BCUT2D eigenvalue weighted by Crippen LogP contribution is -2.31. The summed E-state index contributed by atoms with van der Waals surface area (Å²) in [5, 5.41) is 9.67. The van der Waals surface area contributed by atoms with Gasteiger partial charge in [0.2, 0.25) is 0 Å². The highest BCUT2D eigenvalue weighted by atomic mass is 16.3. The smallest absolute Gasteiger partial charge is 0.148 e. The minimum atomic E-state index is -0.640. The lowest BCUT2D eigenvalue weighted by Gasteiger charge is -2.26. The highest BCUT2D eigenvalue weighted by Gasteiger charge is 2.38. The number of hydrogen-bond acceptors (Lipinski definition) is 3. The molecule has 0 bridgehead atoms. The zero-order valence-electron chi connectivity index (χ0n) is 11.1. The lowest BCUT2D eigenvalue weighted by molar-refractivity contribution is -0.133. The van der Waals surface area contributed by atoms with Gasteiger partial charge < -0.3 is 5.11 Å². The van der Waals surface area contributed by atoms with E-state index in [1.165, 1.54) is 0 Å². The van der Waals surface area contributed by atoms with Gasteiger partial charge in [-0.2, -0.15) is 0 Å². The second kappa shape index (κ2) is 4.48. The number of hydrogen-bond donors (Lipinski definition) is 1. The van der Waals surface area contributed by atoms with Crippen molar-refractivity contribution >= 4 is 11.6 Å². The van der Waals surface area contributed by atoms with Gasteiger partial charge in [0.15, 0.2) is 0 Å². The molecule has 1 N–H and O–H groups in total. The van der Waals surface area contributed by atoms with Crippen molar-refractivity contribution in [3.05, 3.63) is 29.3 Å². The van der Waals surface area contributed by atoms with Gasteiger partial charge in [0.25, 0.3) is 0 Å². The maximum absolute atomic E-state index is 12.2. The lowest BCUT2D eigenvalue weighted by atomic mass is 9.75. The van der Waals surface area contributed by atoms with E-state index in [1.807, 2.05) is 13.0 Å². The van der Waals surface area contributed by atoms with Crippen molar-refractivity contribution in [3.8, 4) is 5.75 Å². The van der Waals surface area contributed by atoms with Crippen LogP contribution < -0.4 is 0 Å². The van der Waals surface area contributed by atoms with E-state index in [9.17, 15) is 14.7 Å². The summed E-state index contributed by atoms with van der Waals surface area (Å²) in [5.41, 5.74) is 1.84. The van der Waals surface area contributed by atoms with Crippen molar-refractivity contribution in [3.63, 3.8) is 0 Å². The minimum Gasteiger partial charge on any atom is -0.508 e. The first-order valence-electron chi connectivity index (χ1n) is 6.94. The number of phenolic OH excluding ortho intramolecular Hbond substituents is 1. The first-order chi connectivity index (χ1) is 9.06. The fraction of sp³-hybridized carbons (Fsp3) is 0.500. The number of ketones is 2. The second-order valence-electron chi connectivity index (χ2n) is 5.97. The number of carbonyl (C=O) groups is 2. The summed E-state index contributed by atoms with van der Waals surface area (Å²) in [5.74, 6) is 0.138. The molecule has 2 fully saturated rings. The normalized spacial score (nSPS) is 27.6. The molecule has 1 aromatic rings. The van der Waals surface area contributed by atoms with Crippen LogP contribution in [-0.2, 0) is 9.59 Å². The maximum Gasteiger partial charge on any atom is 0.148 e. The molecular formula is C16H18O3. The van der Waals surface area contributed by atoms with E-state index in [4.69, 9.17) is 0 Å². The van der Waals surface area contributed by atoms with E-state index in [2.05, 4.69) is 0 Å². The molecule has 0 unspecified atom stereocenters. The Morgan fingerprint density at radius 3 is 2.26 bits per heavy atom. The Morgan fingerprint density at radius 1 is 1.05 bits per heavy atom. The summed E-state index contributed by atoms with van der Waals surface area (Å²) in [6.45, 7) is 1.94. The van der Waals surface area contributed by atoms with Crippen molar-refractivity contribution in [2.24, 2.45) is 5.92 Å². The zero-order valence-corrected chi connectivity index (χ0v) is 11.1. The Hall–Kier alpha value is -1.64. The van der Waals surface area contributed by atoms with Gasteiger partial charge in [-0.25, -0.2) is 0 Å². The maximum atomic E-state index is 12.2. The fourth-order valence-electron chi connectivity index (χ4n) is 3.10. The molecule has 0 aliphatic heterocycles. The summed E-state index contributed by atoms with van der Waals surface area (Å²) >= 11 is 0. The summed E-state index contributed by atoms with van der Waals surface area (Å²) in [7, 11) is 0. The molecule has 3 nitrogen and oxygen atoms in total. The van der Waals surface area contributed by atoms with Crippen LogP contribution in [0, 0.1) is 5.92 Å². The number of phenols is 1. The average Bonchev–Trinajstić information content (AvgIpc) is 3.11. The monoisotopic (exact) mass is 258 g/mol. The zero-order chi connectivity index (χ0) is 13.6. The summed E-state index contributed by atoms with van der Waals surface area (Å²) < 4.78 is 0. The van der Waals surface area contributed by atoms with Crippen molar-refractivity contribution in [2.75, 3.05) is 0 Å². The third kappa shape index (κ3) is 2.29. The van der Waals surface area contributed by atoms with Crippen molar-refractivity contribution in [2.45, 2.75) is 44.4 Å². The van der Waals surface area contributed by atoms with Crippen LogP contribution in [0.25, 0.3) is 0 Å². The predicted octanol–water partition coefficient (Wildman–Crippen LogP) is 2.92. The number of carbonyl (C=O) groups excluding carboxylic acids is 2. The molecule has 0 heterocycles. The van der Waals surface area contributed by atoms with Crippen LogP contribution in [0.1, 0.15) is 55.6 Å². The number of benzene rings is 1. The molecule has 3 heteroatoms. The first kappa shape index (κ1) is 12.4. The molecule has 1 aromatic carbocycles. The summed E-state index contributed by atoms with van der Waals surface area (Å²) in [6.07, 6.45) is 3.17. The van der Waals surface area contributed by atoms with Gasteiger partial charge in [-0.3, -0.25) is 9.59 Å². The highest BCUT2D eigenvalue weighted by Crippen LogP contribution is 2.45. The molecule has 2 aliphatic carbocycles. The second-order valence-corrected chi connectivity index (χ2v) is 5.97. The Bertz CT molecular complexity index is 525. The Balaban J connectivity index is 2.02. The largest absolute Gasteiger partial charge is 0.508 e. The van der Waals surface area contributed by atoms with Crippen molar-refractivity contribution < 1.29 is 14.7 Å².